The van der Waals surface area contributed by atoms with Crippen molar-refractivity contribution in [3.8, 4) is 5.69 Å². The number of para-hydroxylation sites is 1. The van der Waals surface area contributed by atoms with Gasteiger partial charge in [0.1, 0.15) is 11.7 Å². The Labute approximate surface area is 145 Å². The van der Waals surface area contributed by atoms with Crippen LogP contribution >= 0.6 is 0 Å². The number of carbonyl (C=O) groups is 1. The van der Waals surface area contributed by atoms with Crippen molar-refractivity contribution in [1.29, 1.82) is 0 Å². The third-order valence-corrected chi connectivity index (χ3v) is 3.94. The Hall–Kier alpha value is -3.00. The molecule has 2 unspecified atom stereocenters. The lowest BCUT2D eigenvalue weighted by Gasteiger charge is -2.17. The van der Waals surface area contributed by atoms with E-state index >= 15 is 0 Å². The van der Waals surface area contributed by atoms with Gasteiger partial charge in [0.15, 0.2) is 0 Å². The number of aromatic nitrogens is 5. The van der Waals surface area contributed by atoms with Crippen molar-refractivity contribution in [1.82, 2.24) is 35.4 Å². The summed E-state index contributed by atoms with van der Waals surface area (Å²) in [7, 11) is 3.56. The second-order valence-electron chi connectivity index (χ2n) is 5.82. The Bertz CT molecular complexity index is 840. The molecule has 130 valence electrons. The zero-order valence-corrected chi connectivity index (χ0v) is 14.4. The molecule has 0 fully saturated rings. The van der Waals surface area contributed by atoms with Crippen LogP contribution in [-0.4, -0.2) is 37.7 Å². The summed E-state index contributed by atoms with van der Waals surface area (Å²) in [6.45, 7) is 1.88. The fourth-order valence-corrected chi connectivity index (χ4v) is 2.59. The predicted octanol–water partition coefficient (Wildman–Crippen LogP) is 1.14. The molecule has 25 heavy (non-hydrogen) atoms. The van der Waals surface area contributed by atoms with E-state index in [9.17, 15) is 4.79 Å². The molecular weight excluding hydrogens is 318 g/mol. The summed E-state index contributed by atoms with van der Waals surface area (Å²) in [4.78, 5) is 12.6. The predicted molar refractivity (Wildman–Crippen MR) is 92.9 cm³/mol. The van der Waals surface area contributed by atoms with Gasteiger partial charge in [-0.3, -0.25) is 9.48 Å². The minimum atomic E-state index is -0.472. The Kier molecular flexibility index (Phi) is 4.90. The Morgan fingerprint density at radius 1 is 1.20 bits per heavy atom. The number of aryl methyl sites for hydroxylation is 1. The standard InChI is InChI=1S/C17H21N7O/c1-12(15-11-24(22-21-15)14-7-5-4-6-8-14)20-17(25)16(18-2)13-9-19-23(3)10-13/h4-12,16,18H,1-3H3,(H,20,25). The molecule has 2 aromatic heterocycles. The fraction of sp³-hybridized carbons (Fsp3) is 0.294. The first kappa shape index (κ1) is 16.8. The number of amides is 1. The van der Waals surface area contributed by atoms with Gasteiger partial charge in [-0.25, -0.2) is 4.68 Å². The van der Waals surface area contributed by atoms with Gasteiger partial charge in [0.05, 0.1) is 24.1 Å². The van der Waals surface area contributed by atoms with Crippen LogP contribution in [0.2, 0.25) is 0 Å². The van der Waals surface area contributed by atoms with Gasteiger partial charge in [0.25, 0.3) is 0 Å². The first-order chi connectivity index (χ1) is 12.1. The van der Waals surface area contributed by atoms with Gasteiger partial charge in [0.2, 0.25) is 5.91 Å². The second-order valence-corrected chi connectivity index (χ2v) is 5.82. The highest BCUT2D eigenvalue weighted by Gasteiger charge is 2.23. The number of hydrogen-bond donors (Lipinski definition) is 2. The SMILES string of the molecule is CNC(C(=O)NC(C)c1cn(-c2ccccc2)nn1)c1cnn(C)c1. The summed E-state index contributed by atoms with van der Waals surface area (Å²) in [6.07, 6.45) is 5.31. The van der Waals surface area contributed by atoms with Crippen molar-refractivity contribution < 1.29 is 4.79 Å². The summed E-state index contributed by atoms with van der Waals surface area (Å²) in [5.74, 6) is -0.141. The zero-order chi connectivity index (χ0) is 17.8. The van der Waals surface area contributed by atoms with E-state index < -0.39 is 6.04 Å². The normalized spacial score (nSPS) is 13.4. The molecule has 2 N–H and O–H groups in total. The number of carbonyl (C=O) groups excluding carboxylic acids is 1. The lowest BCUT2D eigenvalue weighted by Crippen LogP contribution is -2.37. The Morgan fingerprint density at radius 3 is 2.60 bits per heavy atom. The minimum Gasteiger partial charge on any atom is -0.346 e. The minimum absolute atomic E-state index is 0.141. The van der Waals surface area contributed by atoms with Crippen LogP contribution in [0, 0.1) is 0 Å². The molecule has 8 heteroatoms. The van der Waals surface area contributed by atoms with Crippen LogP contribution in [0.15, 0.2) is 48.9 Å². The van der Waals surface area contributed by atoms with Crippen molar-refractivity contribution in [3.05, 3.63) is 60.2 Å². The first-order valence-corrected chi connectivity index (χ1v) is 8.02. The van der Waals surface area contributed by atoms with Crippen LogP contribution in [0.4, 0.5) is 0 Å². The molecule has 0 radical (unpaired) electrons. The third-order valence-electron chi connectivity index (χ3n) is 3.94. The fourth-order valence-electron chi connectivity index (χ4n) is 2.59. The lowest BCUT2D eigenvalue weighted by molar-refractivity contribution is -0.123. The average molecular weight is 339 g/mol. The van der Waals surface area contributed by atoms with E-state index in [4.69, 9.17) is 0 Å². The first-order valence-electron chi connectivity index (χ1n) is 8.02. The maximum Gasteiger partial charge on any atom is 0.242 e. The molecule has 1 amide bonds. The van der Waals surface area contributed by atoms with Crippen molar-refractivity contribution in [2.45, 2.75) is 19.0 Å². The van der Waals surface area contributed by atoms with E-state index in [0.717, 1.165) is 11.3 Å². The molecule has 8 nitrogen and oxygen atoms in total. The van der Waals surface area contributed by atoms with E-state index in [0.29, 0.717) is 5.69 Å². The maximum atomic E-state index is 12.6. The van der Waals surface area contributed by atoms with Crippen molar-refractivity contribution in [2.75, 3.05) is 7.05 Å². The van der Waals surface area contributed by atoms with Gasteiger partial charge in [0, 0.05) is 18.8 Å². The van der Waals surface area contributed by atoms with Gasteiger partial charge in [-0.15, -0.1) is 5.10 Å². The van der Waals surface area contributed by atoms with Crippen LogP contribution in [0.25, 0.3) is 5.69 Å². The van der Waals surface area contributed by atoms with Gasteiger partial charge >= 0.3 is 0 Å². The third kappa shape index (κ3) is 3.74. The highest BCUT2D eigenvalue weighted by molar-refractivity contribution is 5.83. The highest BCUT2D eigenvalue weighted by Crippen LogP contribution is 2.16. The summed E-state index contributed by atoms with van der Waals surface area (Å²) in [5, 5.41) is 18.4. The smallest absolute Gasteiger partial charge is 0.242 e. The highest BCUT2D eigenvalue weighted by atomic mass is 16.2. The van der Waals surface area contributed by atoms with Crippen molar-refractivity contribution >= 4 is 5.91 Å². The summed E-state index contributed by atoms with van der Waals surface area (Å²) >= 11 is 0. The molecule has 0 saturated heterocycles. The van der Waals surface area contributed by atoms with E-state index in [2.05, 4.69) is 26.0 Å². The largest absolute Gasteiger partial charge is 0.346 e. The number of benzene rings is 1. The van der Waals surface area contributed by atoms with Crippen molar-refractivity contribution in [2.24, 2.45) is 7.05 Å². The Morgan fingerprint density at radius 2 is 1.96 bits per heavy atom. The zero-order valence-electron chi connectivity index (χ0n) is 14.4. The quantitative estimate of drug-likeness (QED) is 0.703. The van der Waals surface area contributed by atoms with E-state index in [1.54, 1.807) is 22.6 Å². The van der Waals surface area contributed by atoms with E-state index in [-0.39, 0.29) is 11.9 Å². The second kappa shape index (κ2) is 7.27. The number of nitrogens with one attached hydrogen (secondary N) is 2. The molecule has 3 rings (SSSR count). The average Bonchev–Trinajstić information content (AvgIpc) is 3.26. The monoisotopic (exact) mass is 339 g/mol. The van der Waals surface area contributed by atoms with Crippen LogP contribution in [0.5, 0.6) is 0 Å². The molecule has 2 atom stereocenters. The topological polar surface area (TPSA) is 89.7 Å². The summed E-state index contributed by atoms with van der Waals surface area (Å²) in [5.41, 5.74) is 2.42. The van der Waals surface area contributed by atoms with E-state index in [1.807, 2.05) is 56.7 Å². The van der Waals surface area contributed by atoms with Gasteiger partial charge in [-0.2, -0.15) is 5.10 Å². The Balaban J connectivity index is 1.70. The molecule has 0 bridgehead atoms. The molecule has 0 saturated carbocycles. The number of rotatable bonds is 6. The molecule has 1 aromatic carbocycles. The summed E-state index contributed by atoms with van der Waals surface area (Å²) in [6, 6.07) is 8.97. The van der Waals surface area contributed by atoms with E-state index in [1.165, 1.54) is 0 Å². The van der Waals surface area contributed by atoms with Crippen LogP contribution in [0.3, 0.4) is 0 Å². The molecule has 0 aliphatic rings. The summed E-state index contributed by atoms with van der Waals surface area (Å²) < 4.78 is 3.36. The van der Waals surface area contributed by atoms with Crippen LogP contribution in [0.1, 0.15) is 30.3 Å². The van der Waals surface area contributed by atoms with Crippen LogP contribution < -0.4 is 10.6 Å². The molecule has 0 spiro atoms. The molecule has 0 aliphatic heterocycles. The van der Waals surface area contributed by atoms with Gasteiger partial charge < -0.3 is 10.6 Å². The van der Waals surface area contributed by atoms with Crippen LogP contribution in [-0.2, 0) is 11.8 Å². The maximum absolute atomic E-state index is 12.6. The molecule has 3 aromatic rings. The van der Waals surface area contributed by atoms with Crippen molar-refractivity contribution in [3.63, 3.8) is 0 Å². The van der Waals surface area contributed by atoms with Gasteiger partial charge in [-0.05, 0) is 26.1 Å². The molecule has 0 aliphatic carbocycles. The lowest BCUT2D eigenvalue weighted by atomic mass is 10.1. The molecular formula is C17H21N7O. The molecule has 2 heterocycles. The number of hydrogen-bond acceptors (Lipinski definition) is 5. The number of likely N-dealkylation sites (N-methyl/N-ethyl adjacent to an activating group) is 1. The number of nitrogens with zero attached hydrogens (tertiary/aromatic N) is 5. The van der Waals surface area contributed by atoms with Gasteiger partial charge in [-0.1, -0.05) is 23.4 Å².